The van der Waals surface area contributed by atoms with Gasteiger partial charge in [0.05, 0.1) is 0 Å². The van der Waals surface area contributed by atoms with E-state index in [9.17, 15) is 9.90 Å². The number of rotatable bonds is 5. The summed E-state index contributed by atoms with van der Waals surface area (Å²) in [7, 11) is 0. The highest BCUT2D eigenvalue weighted by atomic mass is 35.5. The molecule has 0 aromatic heterocycles. The maximum atomic E-state index is 11.5. The van der Waals surface area contributed by atoms with Crippen LogP contribution in [0.1, 0.15) is 22.3 Å². The zero-order chi connectivity index (χ0) is 16.3. The molecule has 1 atom stereocenters. The molecule has 4 heteroatoms. The lowest BCUT2D eigenvalue weighted by atomic mass is 10.1. The summed E-state index contributed by atoms with van der Waals surface area (Å²) in [6.45, 7) is 5.82. The minimum atomic E-state index is -0.990. The van der Waals surface area contributed by atoms with Gasteiger partial charge in [0.25, 0.3) is 0 Å². The molecule has 22 heavy (non-hydrogen) atoms. The van der Waals surface area contributed by atoms with E-state index in [0.29, 0.717) is 10.8 Å². The maximum Gasteiger partial charge on any atom is 0.345 e. The lowest BCUT2D eigenvalue weighted by Gasteiger charge is -2.16. The van der Waals surface area contributed by atoms with Crippen LogP contribution >= 0.6 is 11.6 Å². The van der Waals surface area contributed by atoms with Gasteiger partial charge in [0.1, 0.15) is 5.75 Å². The van der Waals surface area contributed by atoms with E-state index in [0.717, 1.165) is 22.3 Å². The van der Waals surface area contributed by atoms with Crippen molar-refractivity contribution in [3.05, 3.63) is 63.7 Å². The summed E-state index contributed by atoms with van der Waals surface area (Å²) in [5.41, 5.74) is 3.88. The molecule has 116 valence electrons. The SMILES string of the molecule is Cc1cc(C)cc(O[C@H](Cc2ccc(C)c(Cl)c2)C(=O)O)c1. The second-order valence-electron chi connectivity index (χ2n) is 5.56. The third kappa shape index (κ3) is 4.25. The highest BCUT2D eigenvalue weighted by Gasteiger charge is 2.20. The summed E-state index contributed by atoms with van der Waals surface area (Å²) in [5, 5.41) is 10.0. The van der Waals surface area contributed by atoms with E-state index in [-0.39, 0.29) is 6.42 Å². The lowest BCUT2D eigenvalue weighted by Crippen LogP contribution is -2.29. The van der Waals surface area contributed by atoms with E-state index < -0.39 is 12.1 Å². The number of aliphatic carboxylic acids is 1. The molecule has 0 saturated heterocycles. The van der Waals surface area contributed by atoms with E-state index in [1.807, 2.05) is 51.1 Å². The lowest BCUT2D eigenvalue weighted by molar-refractivity contribution is -0.145. The molecule has 0 fully saturated rings. The smallest absolute Gasteiger partial charge is 0.345 e. The number of aryl methyl sites for hydroxylation is 3. The van der Waals surface area contributed by atoms with Crippen LogP contribution in [0.2, 0.25) is 5.02 Å². The van der Waals surface area contributed by atoms with E-state index in [4.69, 9.17) is 16.3 Å². The first kappa shape index (κ1) is 16.4. The molecule has 2 aromatic rings. The number of hydrogen-bond acceptors (Lipinski definition) is 2. The number of benzene rings is 2. The summed E-state index contributed by atoms with van der Waals surface area (Å²) < 4.78 is 5.67. The molecule has 0 saturated carbocycles. The Kier molecular flexibility index (Phi) is 5.09. The van der Waals surface area contributed by atoms with E-state index >= 15 is 0 Å². The first-order valence-electron chi connectivity index (χ1n) is 7.08. The van der Waals surface area contributed by atoms with Gasteiger partial charge in [0, 0.05) is 11.4 Å². The number of carbonyl (C=O) groups is 1. The standard InChI is InChI=1S/C18H19ClO3/c1-11-6-12(2)8-15(7-11)22-17(18(20)21)10-14-5-4-13(3)16(19)9-14/h4-9,17H,10H2,1-3H3,(H,20,21)/t17-/m1/s1. The molecule has 0 spiro atoms. The Labute approximate surface area is 135 Å². The molecule has 0 heterocycles. The Bertz CT molecular complexity index is 674. The van der Waals surface area contributed by atoms with Gasteiger partial charge in [-0.1, -0.05) is 29.8 Å². The van der Waals surface area contributed by atoms with Crippen LogP contribution in [0.15, 0.2) is 36.4 Å². The fourth-order valence-electron chi connectivity index (χ4n) is 2.32. The largest absolute Gasteiger partial charge is 0.478 e. The van der Waals surface area contributed by atoms with Crippen LogP contribution < -0.4 is 4.74 Å². The third-order valence-electron chi connectivity index (χ3n) is 3.41. The van der Waals surface area contributed by atoms with Crippen LogP contribution in [-0.2, 0) is 11.2 Å². The fourth-order valence-corrected chi connectivity index (χ4v) is 2.53. The summed E-state index contributed by atoms with van der Waals surface area (Å²) in [6, 6.07) is 11.2. The number of carboxylic acids is 1. The van der Waals surface area contributed by atoms with Gasteiger partial charge in [0.2, 0.25) is 0 Å². The Balaban J connectivity index is 2.19. The Morgan fingerprint density at radius 2 is 1.77 bits per heavy atom. The van der Waals surface area contributed by atoms with Crippen LogP contribution in [0.5, 0.6) is 5.75 Å². The molecule has 0 aliphatic rings. The van der Waals surface area contributed by atoms with Gasteiger partial charge in [0.15, 0.2) is 6.10 Å². The second kappa shape index (κ2) is 6.84. The zero-order valence-electron chi connectivity index (χ0n) is 12.9. The minimum absolute atomic E-state index is 0.266. The quantitative estimate of drug-likeness (QED) is 0.892. The van der Waals surface area contributed by atoms with Crippen molar-refractivity contribution in [3.8, 4) is 5.75 Å². The molecule has 0 unspecified atom stereocenters. The van der Waals surface area contributed by atoms with E-state index in [1.54, 1.807) is 6.07 Å². The first-order chi connectivity index (χ1) is 10.3. The Morgan fingerprint density at radius 1 is 1.14 bits per heavy atom. The molecule has 2 aromatic carbocycles. The van der Waals surface area contributed by atoms with Crippen LogP contribution in [0.3, 0.4) is 0 Å². The predicted octanol–water partition coefficient (Wildman–Crippen LogP) is 4.34. The van der Waals surface area contributed by atoms with E-state index in [2.05, 4.69) is 0 Å². The number of hydrogen-bond donors (Lipinski definition) is 1. The van der Waals surface area contributed by atoms with Crippen LogP contribution in [-0.4, -0.2) is 17.2 Å². The second-order valence-corrected chi connectivity index (χ2v) is 5.96. The molecule has 0 aliphatic heterocycles. The third-order valence-corrected chi connectivity index (χ3v) is 3.81. The predicted molar refractivity (Wildman–Crippen MR) is 87.9 cm³/mol. The summed E-state index contributed by atoms with van der Waals surface area (Å²) in [4.78, 5) is 11.5. The summed E-state index contributed by atoms with van der Waals surface area (Å²) >= 11 is 6.09. The van der Waals surface area contributed by atoms with Crippen LogP contribution in [0.4, 0.5) is 0 Å². The van der Waals surface area contributed by atoms with Gasteiger partial charge in [-0.2, -0.15) is 0 Å². The molecular weight excluding hydrogens is 300 g/mol. The normalized spacial score (nSPS) is 12.0. The molecule has 1 N–H and O–H groups in total. The van der Waals surface area contributed by atoms with Crippen molar-refractivity contribution < 1.29 is 14.6 Å². The number of halogens is 1. The van der Waals surface area contributed by atoms with Crippen LogP contribution in [0, 0.1) is 20.8 Å². The molecule has 0 aliphatic carbocycles. The van der Waals surface area contributed by atoms with Crippen molar-refractivity contribution in [2.24, 2.45) is 0 Å². The van der Waals surface area contributed by atoms with Gasteiger partial charge >= 0.3 is 5.97 Å². The molecular formula is C18H19ClO3. The molecule has 3 nitrogen and oxygen atoms in total. The number of carboxylic acid groups (broad SMARTS) is 1. The van der Waals surface area contributed by atoms with Crippen molar-refractivity contribution in [1.82, 2.24) is 0 Å². The van der Waals surface area contributed by atoms with Gasteiger partial charge in [-0.15, -0.1) is 0 Å². The Hall–Kier alpha value is -2.00. The monoisotopic (exact) mass is 318 g/mol. The van der Waals surface area contributed by atoms with Crippen LogP contribution in [0.25, 0.3) is 0 Å². The van der Waals surface area contributed by atoms with Crippen molar-refractivity contribution in [2.45, 2.75) is 33.3 Å². The summed E-state index contributed by atoms with van der Waals surface area (Å²) in [6.07, 6.45) is -0.678. The molecule has 2 rings (SSSR count). The van der Waals surface area contributed by atoms with Gasteiger partial charge in [-0.3, -0.25) is 0 Å². The van der Waals surface area contributed by atoms with Gasteiger partial charge in [-0.25, -0.2) is 4.79 Å². The van der Waals surface area contributed by atoms with Crippen molar-refractivity contribution in [2.75, 3.05) is 0 Å². The highest BCUT2D eigenvalue weighted by molar-refractivity contribution is 6.31. The Morgan fingerprint density at radius 3 is 2.32 bits per heavy atom. The molecule has 0 amide bonds. The fraction of sp³-hybridized carbons (Fsp3) is 0.278. The van der Waals surface area contributed by atoms with Crippen molar-refractivity contribution in [1.29, 1.82) is 0 Å². The van der Waals surface area contributed by atoms with Crippen molar-refractivity contribution >= 4 is 17.6 Å². The molecule has 0 radical (unpaired) electrons. The topological polar surface area (TPSA) is 46.5 Å². The van der Waals surface area contributed by atoms with Gasteiger partial charge in [-0.05, 0) is 61.2 Å². The van der Waals surface area contributed by atoms with Crippen molar-refractivity contribution in [3.63, 3.8) is 0 Å². The zero-order valence-corrected chi connectivity index (χ0v) is 13.6. The summed E-state index contributed by atoms with van der Waals surface area (Å²) in [5.74, 6) is -0.418. The average molecular weight is 319 g/mol. The average Bonchev–Trinajstić information content (AvgIpc) is 2.41. The number of ether oxygens (including phenoxy) is 1. The maximum absolute atomic E-state index is 11.5. The highest BCUT2D eigenvalue weighted by Crippen LogP contribution is 2.21. The minimum Gasteiger partial charge on any atom is -0.478 e. The first-order valence-corrected chi connectivity index (χ1v) is 7.46. The van der Waals surface area contributed by atoms with Gasteiger partial charge < -0.3 is 9.84 Å². The molecule has 0 bridgehead atoms. The van der Waals surface area contributed by atoms with E-state index in [1.165, 1.54) is 0 Å².